The molecule has 0 saturated heterocycles. The lowest BCUT2D eigenvalue weighted by Gasteiger charge is -2.00. The molecule has 0 saturated carbocycles. The molecule has 0 fully saturated rings. The number of para-hydroxylation sites is 1. The molecule has 2 rings (SSSR count). The molecule has 96 valence electrons. The largest absolute Gasteiger partial charge is 0.226 e. The molecule has 0 aliphatic rings. The monoisotopic (exact) mass is 324 g/mol. The van der Waals surface area contributed by atoms with Crippen LogP contribution in [0.1, 0.15) is 32.6 Å². The van der Waals surface area contributed by atoms with Crippen LogP contribution < -0.4 is 3.97 Å². The highest BCUT2D eigenvalue weighted by Gasteiger charge is 2.11. The second-order valence-corrected chi connectivity index (χ2v) is 6.41. The van der Waals surface area contributed by atoms with E-state index in [0.717, 1.165) is 4.47 Å². The number of rotatable bonds is 6. The minimum Gasteiger partial charge on any atom is -0.125 e. The summed E-state index contributed by atoms with van der Waals surface area (Å²) in [4.78, 5) is 0. The third-order valence-electron chi connectivity index (χ3n) is 2.94. The Balaban J connectivity index is 2.07. The highest BCUT2D eigenvalue weighted by molar-refractivity contribution is 9.10. The van der Waals surface area contributed by atoms with Crippen LogP contribution in [0.15, 0.2) is 41.0 Å². The van der Waals surface area contributed by atoms with E-state index in [1.165, 1.54) is 42.3 Å². The first-order chi connectivity index (χ1) is 8.81. The number of hydrogen-bond donors (Lipinski definition) is 0. The summed E-state index contributed by atoms with van der Waals surface area (Å²) in [5.74, 6) is 1.19. The summed E-state index contributed by atoms with van der Waals surface area (Å²) < 4.78 is 3.42. The van der Waals surface area contributed by atoms with Gasteiger partial charge in [-0.25, -0.2) is 0 Å². The van der Waals surface area contributed by atoms with E-state index in [1.54, 1.807) is 0 Å². The van der Waals surface area contributed by atoms with Crippen molar-refractivity contribution >= 4 is 38.8 Å². The van der Waals surface area contributed by atoms with Gasteiger partial charge in [0.05, 0.1) is 10.2 Å². The van der Waals surface area contributed by atoms with Crippen LogP contribution in [0.3, 0.4) is 0 Å². The van der Waals surface area contributed by atoms with E-state index in [1.807, 2.05) is 11.9 Å². The van der Waals surface area contributed by atoms with Gasteiger partial charge in [0.2, 0.25) is 5.52 Å². The Morgan fingerprint density at radius 2 is 2.00 bits per heavy atom. The number of hydrogen-bond acceptors (Lipinski definition) is 1. The van der Waals surface area contributed by atoms with Crippen molar-refractivity contribution in [2.45, 2.75) is 32.6 Å². The predicted octanol–water partition coefficient (Wildman–Crippen LogP) is 4.97. The number of aromatic nitrogens is 1. The summed E-state index contributed by atoms with van der Waals surface area (Å²) in [6, 6.07) is 10.7. The average Bonchev–Trinajstić information content (AvgIpc) is 2.38. The number of nitrogens with zero attached hydrogens (tertiary/aromatic N) is 1. The molecular weight excluding hydrogens is 306 g/mol. The zero-order chi connectivity index (χ0) is 12.8. The Hall–Kier alpha value is -0.540. The molecule has 0 radical (unpaired) electrons. The van der Waals surface area contributed by atoms with Crippen molar-refractivity contribution < 1.29 is 3.97 Å². The molecule has 0 atom stereocenters. The molecule has 1 heterocycles. The second kappa shape index (κ2) is 7.15. The molecule has 0 aliphatic heterocycles. The van der Waals surface area contributed by atoms with Gasteiger partial charge in [0, 0.05) is 11.5 Å². The maximum atomic E-state index is 3.58. The van der Waals surface area contributed by atoms with Gasteiger partial charge in [0.25, 0.3) is 0 Å². The van der Waals surface area contributed by atoms with E-state index in [0.29, 0.717) is 0 Å². The number of unbranched alkanes of at least 4 members (excludes halogenated alkanes) is 3. The van der Waals surface area contributed by atoms with E-state index in [4.69, 9.17) is 0 Å². The quantitative estimate of drug-likeness (QED) is 0.536. The van der Waals surface area contributed by atoms with Gasteiger partial charge in [-0.2, -0.15) is 0 Å². The predicted molar refractivity (Wildman–Crippen MR) is 83.8 cm³/mol. The Bertz CT molecular complexity index is 513. The molecule has 0 N–H and O–H groups in total. The van der Waals surface area contributed by atoms with Crippen LogP contribution in [-0.4, -0.2) is 5.75 Å². The number of halogens is 1. The third kappa shape index (κ3) is 3.72. The van der Waals surface area contributed by atoms with Gasteiger partial charge in [-0.05, 0) is 34.5 Å². The summed E-state index contributed by atoms with van der Waals surface area (Å²) in [6.45, 7) is 2.25. The Kier molecular flexibility index (Phi) is 5.51. The lowest BCUT2D eigenvalue weighted by molar-refractivity contribution is -0.464. The van der Waals surface area contributed by atoms with Crippen molar-refractivity contribution in [3.05, 3.63) is 41.0 Å². The zero-order valence-corrected chi connectivity index (χ0v) is 13.1. The normalized spacial score (nSPS) is 11.0. The molecule has 18 heavy (non-hydrogen) atoms. The molecule has 0 aliphatic carbocycles. The number of pyridine rings is 1. The molecule has 3 heteroatoms. The van der Waals surface area contributed by atoms with Crippen LogP contribution >= 0.6 is 27.9 Å². The SMILES string of the molecule is CCCCCCS[n+]1cc(Br)cc2ccccc21. The van der Waals surface area contributed by atoms with Gasteiger partial charge in [-0.1, -0.05) is 38.3 Å². The van der Waals surface area contributed by atoms with Crippen molar-refractivity contribution in [3.63, 3.8) is 0 Å². The van der Waals surface area contributed by atoms with Gasteiger partial charge < -0.3 is 0 Å². The number of benzene rings is 1. The molecule has 1 aromatic carbocycles. The van der Waals surface area contributed by atoms with E-state index in [2.05, 4.69) is 63.4 Å². The summed E-state index contributed by atoms with van der Waals surface area (Å²) in [6.07, 6.45) is 7.46. The highest BCUT2D eigenvalue weighted by atomic mass is 79.9. The Labute approximate surface area is 122 Å². The minimum absolute atomic E-state index is 1.14. The fourth-order valence-corrected chi connectivity index (χ4v) is 3.59. The number of fused-ring (bicyclic) bond motifs is 1. The van der Waals surface area contributed by atoms with Crippen molar-refractivity contribution in [1.82, 2.24) is 0 Å². The topological polar surface area (TPSA) is 3.88 Å². The van der Waals surface area contributed by atoms with Crippen LogP contribution in [0.5, 0.6) is 0 Å². The molecule has 0 amide bonds. The molecular formula is C15H19BrNS+. The first-order valence-corrected chi connectivity index (χ1v) is 8.28. The third-order valence-corrected chi connectivity index (χ3v) is 4.42. The van der Waals surface area contributed by atoms with Crippen molar-refractivity contribution in [2.24, 2.45) is 0 Å². The van der Waals surface area contributed by atoms with Gasteiger partial charge >= 0.3 is 0 Å². The van der Waals surface area contributed by atoms with Crippen LogP contribution in [0.2, 0.25) is 0 Å². The van der Waals surface area contributed by atoms with Gasteiger partial charge in [-0.3, -0.25) is 0 Å². The Morgan fingerprint density at radius 1 is 1.17 bits per heavy atom. The smallest absolute Gasteiger partial charge is 0.125 e. The average molecular weight is 325 g/mol. The lowest BCUT2D eigenvalue weighted by atomic mass is 10.2. The fourth-order valence-electron chi connectivity index (χ4n) is 1.98. The lowest BCUT2D eigenvalue weighted by Crippen LogP contribution is -2.26. The van der Waals surface area contributed by atoms with Crippen LogP contribution in [0, 0.1) is 0 Å². The summed E-state index contributed by atoms with van der Waals surface area (Å²) >= 11 is 5.48. The summed E-state index contributed by atoms with van der Waals surface area (Å²) in [5.41, 5.74) is 1.29. The van der Waals surface area contributed by atoms with E-state index < -0.39 is 0 Å². The van der Waals surface area contributed by atoms with Crippen molar-refractivity contribution in [3.8, 4) is 0 Å². The summed E-state index contributed by atoms with van der Waals surface area (Å²) in [7, 11) is 0. The zero-order valence-electron chi connectivity index (χ0n) is 10.7. The maximum absolute atomic E-state index is 3.58. The molecule has 2 aromatic rings. The fraction of sp³-hybridized carbons (Fsp3) is 0.400. The minimum atomic E-state index is 1.14. The maximum Gasteiger partial charge on any atom is 0.226 e. The van der Waals surface area contributed by atoms with Gasteiger partial charge in [0.1, 0.15) is 0 Å². The Morgan fingerprint density at radius 3 is 2.83 bits per heavy atom. The highest BCUT2D eigenvalue weighted by Crippen LogP contribution is 2.18. The first-order valence-electron chi connectivity index (χ1n) is 6.54. The van der Waals surface area contributed by atoms with E-state index in [9.17, 15) is 0 Å². The first kappa shape index (κ1) is 13.9. The standard InChI is InChI=1S/C15H19BrNS/c1-2-3-4-7-10-18-17-12-14(16)11-13-8-5-6-9-15(13)17/h5-6,8-9,11-12H,2-4,7,10H2,1H3/q+1. The molecule has 0 unspecified atom stereocenters. The summed E-state index contributed by atoms with van der Waals surface area (Å²) in [5, 5.41) is 1.29. The molecule has 0 bridgehead atoms. The van der Waals surface area contributed by atoms with Crippen molar-refractivity contribution in [2.75, 3.05) is 5.75 Å². The van der Waals surface area contributed by atoms with Crippen LogP contribution in [0.4, 0.5) is 0 Å². The van der Waals surface area contributed by atoms with Gasteiger partial charge in [-0.15, -0.1) is 3.97 Å². The van der Waals surface area contributed by atoms with E-state index >= 15 is 0 Å². The van der Waals surface area contributed by atoms with Gasteiger partial charge in [0.15, 0.2) is 18.1 Å². The van der Waals surface area contributed by atoms with Crippen LogP contribution in [-0.2, 0) is 0 Å². The van der Waals surface area contributed by atoms with E-state index in [-0.39, 0.29) is 0 Å². The molecule has 1 aromatic heterocycles. The van der Waals surface area contributed by atoms with Crippen LogP contribution in [0.25, 0.3) is 10.9 Å². The second-order valence-electron chi connectivity index (χ2n) is 4.44. The molecule has 0 spiro atoms. The van der Waals surface area contributed by atoms with Crippen molar-refractivity contribution in [1.29, 1.82) is 0 Å². The molecule has 1 nitrogen and oxygen atoms in total.